The normalized spacial score (nSPS) is 13.6. The summed E-state index contributed by atoms with van der Waals surface area (Å²) in [6.07, 6.45) is 3.07. The van der Waals surface area contributed by atoms with Gasteiger partial charge in [0, 0.05) is 30.5 Å². The third-order valence-corrected chi connectivity index (χ3v) is 4.82. The lowest BCUT2D eigenvalue weighted by Crippen LogP contribution is -2.27. The second kappa shape index (κ2) is 10.2. The molecule has 0 spiro atoms. The van der Waals surface area contributed by atoms with E-state index in [2.05, 4.69) is 10.6 Å². The number of amides is 3. The lowest BCUT2D eigenvalue weighted by Gasteiger charge is -2.15. The van der Waals surface area contributed by atoms with Gasteiger partial charge in [-0.15, -0.1) is 0 Å². The van der Waals surface area contributed by atoms with E-state index in [9.17, 15) is 9.59 Å². The van der Waals surface area contributed by atoms with E-state index in [0.29, 0.717) is 53.4 Å². The molecule has 1 aliphatic heterocycles. The molecule has 0 aliphatic carbocycles. The van der Waals surface area contributed by atoms with E-state index in [-0.39, 0.29) is 11.9 Å². The van der Waals surface area contributed by atoms with Crippen LogP contribution in [0, 0.1) is 5.92 Å². The molecule has 0 aromatic heterocycles. The summed E-state index contributed by atoms with van der Waals surface area (Å²) in [6, 6.07) is 10.5. The van der Waals surface area contributed by atoms with Gasteiger partial charge in [0.25, 0.3) is 0 Å². The van der Waals surface area contributed by atoms with Crippen LogP contribution in [0.3, 0.4) is 0 Å². The first-order valence-corrected chi connectivity index (χ1v) is 10.4. The molecule has 2 aromatic carbocycles. The minimum absolute atomic E-state index is 0.116. The number of nitrogens with one attached hydrogen (secondary N) is 2. The van der Waals surface area contributed by atoms with Gasteiger partial charge in [-0.3, -0.25) is 9.69 Å². The van der Waals surface area contributed by atoms with Crippen LogP contribution in [-0.4, -0.2) is 38.7 Å². The van der Waals surface area contributed by atoms with Crippen molar-refractivity contribution in [1.82, 2.24) is 5.32 Å². The van der Waals surface area contributed by atoms with Gasteiger partial charge < -0.3 is 20.1 Å². The van der Waals surface area contributed by atoms with Crippen LogP contribution in [-0.2, 0) is 4.79 Å². The van der Waals surface area contributed by atoms with Crippen LogP contribution in [0.15, 0.2) is 42.5 Å². The van der Waals surface area contributed by atoms with Gasteiger partial charge in [-0.25, -0.2) is 4.79 Å². The maximum absolute atomic E-state index is 12.3. The zero-order valence-electron chi connectivity index (χ0n) is 17.8. The van der Waals surface area contributed by atoms with Gasteiger partial charge in [-0.05, 0) is 54.0 Å². The van der Waals surface area contributed by atoms with E-state index >= 15 is 0 Å². The first kappa shape index (κ1) is 22.5. The minimum Gasteiger partial charge on any atom is -0.493 e. The molecule has 1 aliphatic rings. The molecule has 7 nitrogen and oxygen atoms in total. The monoisotopic (exact) mass is 443 g/mol. The van der Waals surface area contributed by atoms with Crippen LogP contribution < -0.4 is 25.0 Å². The molecular weight excluding hydrogens is 418 g/mol. The number of rotatable bonds is 8. The van der Waals surface area contributed by atoms with Crippen LogP contribution in [0.4, 0.5) is 16.2 Å². The van der Waals surface area contributed by atoms with Crippen LogP contribution in [0.2, 0.25) is 5.02 Å². The zero-order chi connectivity index (χ0) is 22.4. The Balaban J connectivity index is 1.64. The van der Waals surface area contributed by atoms with Gasteiger partial charge in [0.05, 0.1) is 18.7 Å². The van der Waals surface area contributed by atoms with E-state index in [1.165, 1.54) is 6.08 Å². The van der Waals surface area contributed by atoms with Gasteiger partial charge in [0.15, 0.2) is 11.5 Å². The Hall–Kier alpha value is -3.19. The highest BCUT2D eigenvalue weighted by Gasteiger charge is 2.20. The molecule has 1 heterocycles. The Morgan fingerprint density at radius 2 is 2.03 bits per heavy atom. The molecule has 0 bridgehead atoms. The molecule has 2 aromatic rings. The second-order valence-electron chi connectivity index (χ2n) is 7.49. The number of ether oxygens (including phenoxy) is 2. The fourth-order valence-corrected chi connectivity index (χ4v) is 3.30. The predicted molar refractivity (Wildman–Crippen MR) is 123 cm³/mol. The smallest absolute Gasteiger partial charge is 0.321 e. The SMILES string of the molecule is COc1cc(/C=C/C(=O)Nc2ccc(N3CCNC3=O)cc2)cc(Cl)c1OCC(C)C. The number of halogens is 1. The van der Waals surface area contributed by atoms with E-state index in [1.807, 2.05) is 13.8 Å². The zero-order valence-corrected chi connectivity index (χ0v) is 18.5. The van der Waals surface area contributed by atoms with Crippen molar-refractivity contribution >= 4 is 41.0 Å². The molecule has 0 atom stereocenters. The number of benzene rings is 2. The molecule has 0 radical (unpaired) electrons. The van der Waals surface area contributed by atoms with E-state index < -0.39 is 0 Å². The Bertz CT molecular complexity index is 974. The Morgan fingerprint density at radius 1 is 1.29 bits per heavy atom. The van der Waals surface area contributed by atoms with E-state index in [4.69, 9.17) is 21.1 Å². The Morgan fingerprint density at radius 3 is 2.65 bits per heavy atom. The quantitative estimate of drug-likeness (QED) is 0.586. The summed E-state index contributed by atoms with van der Waals surface area (Å²) < 4.78 is 11.1. The third kappa shape index (κ3) is 5.92. The number of carbonyl (C=O) groups excluding carboxylic acids is 2. The standard InChI is InChI=1S/C23H26ClN3O4/c1-15(2)14-31-22-19(24)12-16(13-20(22)30-3)4-9-21(28)26-17-5-7-18(8-6-17)27-11-10-25-23(27)29/h4-9,12-13,15H,10-11,14H2,1-3H3,(H,25,29)(H,26,28)/b9-4+. The highest BCUT2D eigenvalue weighted by atomic mass is 35.5. The highest BCUT2D eigenvalue weighted by molar-refractivity contribution is 6.32. The molecule has 31 heavy (non-hydrogen) atoms. The lowest BCUT2D eigenvalue weighted by molar-refractivity contribution is -0.111. The van der Waals surface area contributed by atoms with E-state index in [0.717, 1.165) is 5.69 Å². The number of nitrogens with zero attached hydrogens (tertiary/aromatic N) is 1. The lowest BCUT2D eigenvalue weighted by atomic mass is 10.1. The molecule has 1 saturated heterocycles. The topological polar surface area (TPSA) is 79.9 Å². The van der Waals surface area contributed by atoms with Crippen LogP contribution in [0.1, 0.15) is 19.4 Å². The maximum atomic E-state index is 12.3. The number of methoxy groups -OCH3 is 1. The summed E-state index contributed by atoms with van der Waals surface area (Å²) in [5, 5.41) is 5.97. The van der Waals surface area contributed by atoms with Crippen molar-refractivity contribution in [3.05, 3.63) is 53.1 Å². The molecule has 0 saturated carbocycles. The molecule has 1 fully saturated rings. The predicted octanol–water partition coefficient (Wildman–Crippen LogP) is 4.56. The molecule has 8 heteroatoms. The average Bonchev–Trinajstić information content (AvgIpc) is 3.17. The summed E-state index contributed by atoms with van der Waals surface area (Å²) in [5.74, 6) is 1.06. The van der Waals surface area contributed by atoms with Crippen molar-refractivity contribution < 1.29 is 19.1 Å². The molecule has 164 valence electrons. The van der Waals surface area contributed by atoms with E-state index in [1.54, 1.807) is 54.5 Å². The number of carbonyl (C=O) groups is 2. The minimum atomic E-state index is -0.290. The van der Waals surface area contributed by atoms with Gasteiger partial charge in [0.2, 0.25) is 5.91 Å². The molecule has 3 amide bonds. The van der Waals surface area contributed by atoms with Crippen molar-refractivity contribution in [2.45, 2.75) is 13.8 Å². The largest absolute Gasteiger partial charge is 0.493 e. The molecular formula is C23H26ClN3O4. The van der Waals surface area contributed by atoms with Gasteiger partial charge in [-0.1, -0.05) is 25.4 Å². The third-order valence-electron chi connectivity index (χ3n) is 4.54. The number of urea groups is 1. The van der Waals surface area contributed by atoms with Crippen molar-refractivity contribution in [2.75, 3.05) is 37.0 Å². The van der Waals surface area contributed by atoms with Crippen molar-refractivity contribution in [1.29, 1.82) is 0 Å². The fraction of sp³-hybridized carbons (Fsp3) is 0.304. The number of hydrogen-bond acceptors (Lipinski definition) is 4. The van der Waals surface area contributed by atoms with Gasteiger partial charge in [-0.2, -0.15) is 0 Å². The highest BCUT2D eigenvalue weighted by Crippen LogP contribution is 2.37. The summed E-state index contributed by atoms with van der Waals surface area (Å²) in [7, 11) is 1.55. The van der Waals surface area contributed by atoms with Crippen molar-refractivity contribution in [2.24, 2.45) is 5.92 Å². The van der Waals surface area contributed by atoms with Crippen molar-refractivity contribution in [3.63, 3.8) is 0 Å². The number of anilines is 2. The van der Waals surface area contributed by atoms with Crippen LogP contribution in [0.5, 0.6) is 11.5 Å². The molecule has 3 rings (SSSR count). The maximum Gasteiger partial charge on any atom is 0.321 e. The first-order chi connectivity index (χ1) is 14.9. The first-order valence-electron chi connectivity index (χ1n) is 10.0. The van der Waals surface area contributed by atoms with Crippen LogP contribution >= 0.6 is 11.6 Å². The van der Waals surface area contributed by atoms with Crippen molar-refractivity contribution in [3.8, 4) is 11.5 Å². The number of hydrogen-bond donors (Lipinski definition) is 2. The Kier molecular flexibility index (Phi) is 7.41. The van der Waals surface area contributed by atoms with Crippen LogP contribution in [0.25, 0.3) is 6.08 Å². The molecule has 2 N–H and O–H groups in total. The summed E-state index contributed by atoms with van der Waals surface area (Å²) in [6.45, 7) is 5.87. The van der Waals surface area contributed by atoms with Gasteiger partial charge in [0.1, 0.15) is 0 Å². The van der Waals surface area contributed by atoms with Gasteiger partial charge >= 0.3 is 6.03 Å². The molecule has 0 unspecified atom stereocenters. The Labute approximate surface area is 187 Å². The second-order valence-corrected chi connectivity index (χ2v) is 7.90. The summed E-state index contributed by atoms with van der Waals surface area (Å²) >= 11 is 6.35. The fourth-order valence-electron chi connectivity index (χ4n) is 3.02. The average molecular weight is 444 g/mol. The summed E-state index contributed by atoms with van der Waals surface area (Å²) in [5.41, 5.74) is 2.13. The summed E-state index contributed by atoms with van der Waals surface area (Å²) in [4.78, 5) is 25.7.